The van der Waals surface area contributed by atoms with E-state index in [-0.39, 0.29) is 5.41 Å². The normalized spacial score (nSPS) is 21.8. The van der Waals surface area contributed by atoms with Crippen molar-refractivity contribution in [3.8, 4) is 0 Å². The largest absolute Gasteiger partial charge is 0.381 e. The van der Waals surface area contributed by atoms with Crippen molar-refractivity contribution in [3.63, 3.8) is 0 Å². The third kappa shape index (κ3) is 2.34. The van der Waals surface area contributed by atoms with Crippen molar-refractivity contribution >= 4 is 17.2 Å². The SMILES string of the molecule is CC1(C)COCCC1c1ccc2cc(C=O)ccc2n1. The Morgan fingerprint density at radius 2 is 2.15 bits per heavy atom. The van der Waals surface area contributed by atoms with Gasteiger partial charge in [-0.3, -0.25) is 9.78 Å². The lowest BCUT2D eigenvalue weighted by Gasteiger charge is -2.38. The van der Waals surface area contributed by atoms with Crippen molar-refractivity contribution in [2.45, 2.75) is 26.2 Å². The number of benzene rings is 1. The molecule has 1 aliphatic rings. The van der Waals surface area contributed by atoms with Crippen LogP contribution in [0.5, 0.6) is 0 Å². The monoisotopic (exact) mass is 269 g/mol. The van der Waals surface area contributed by atoms with Gasteiger partial charge in [-0.15, -0.1) is 0 Å². The molecule has 3 rings (SSSR count). The minimum absolute atomic E-state index is 0.113. The Morgan fingerprint density at radius 1 is 1.30 bits per heavy atom. The molecule has 1 aromatic heterocycles. The summed E-state index contributed by atoms with van der Waals surface area (Å²) in [5, 5.41) is 1.02. The molecule has 3 nitrogen and oxygen atoms in total. The zero-order valence-corrected chi connectivity index (χ0v) is 11.9. The van der Waals surface area contributed by atoms with Gasteiger partial charge in [-0.25, -0.2) is 0 Å². The second-order valence-corrected chi connectivity index (χ2v) is 6.19. The molecule has 0 N–H and O–H groups in total. The van der Waals surface area contributed by atoms with Crippen LogP contribution < -0.4 is 0 Å². The first kappa shape index (κ1) is 13.3. The molecule has 3 heteroatoms. The summed E-state index contributed by atoms with van der Waals surface area (Å²) in [4.78, 5) is 15.6. The quantitative estimate of drug-likeness (QED) is 0.782. The average molecular weight is 269 g/mol. The standard InChI is InChI=1S/C17H19NO2/c1-17(2)11-20-8-7-14(17)16-6-4-13-9-12(10-19)3-5-15(13)18-16/h3-6,9-10,14H,7-8,11H2,1-2H3. The van der Waals surface area contributed by atoms with Gasteiger partial charge in [-0.1, -0.05) is 19.9 Å². The van der Waals surface area contributed by atoms with Crippen LogP contribution in [-0.4, -0.2) is 24.5 Å². The van der Waals surface area contributed by atoms with Crippen molar-refractivity contribution in [3.05, 3.63) is 41.6 Å². The average Bonchev–Trinajstić information content (AvgIpc) is 2.45. The zero-order valence-electron chi connectivity index (χ0n) is 11.9. The predicted molar refractivity (Wildman–Crippen MR) is 79.1 cm³/mol. The Bertz CT molecular complexity index is 648. The molecule has 1 saturated heterocycles. The summed E-state index contributed by atoms with van der Waals surface area (Å²) in [6.45, 7) is 6.05. The molecule has 2 aromatic rings. The van der Waals surface area contributed by atoms with Gasteiger partial charge >= 0.3 is 0 Å². The van der Waals surface area contributed by atoms with Crippen LogP contribution in [0, 0.1) is 5.41 Å². The molecule has 0 amide bonds. The summed E-state index contributed by atoms with van der Waals surface area (Å²) in [5.41, 5.74) is 2.89. The van der Waals surface area contributed by atoms with Crippen LogP contribution in [0.25, 0.3) is 10.9 Å². The summed E-state index contributed by atoms with van der Waals surface area (Å²) in [7, 11) is 0. The molecule has 104 valence electrons. The van der Waals surface area contributed by atoms with Gasteiger partial charge in [0.25, 0.3) is 0 Å². The molecule has 0 radical (unpaired) electrons. The van der Waals surface area contributed by atoms with E-state index in [9.17, 15) is 4.79 Å². The van der Waals surface area contributed by atoms with E-state index >= 15 is 0 Å². The smallest absolute Gasteiger partial charge is 0.150 e. The summed E-state index contributed by atoms with van der Waals surface area (Å²) >= 11 is 0. The van der Waals surface area contributed by atoms with Gasteiger partial charge in [0.15, 0.2) is 0 Å². The number of fused-ring (bicyclic) bond motifs is 1. The molecule has 1 atom stereocenters. The lowest BCUT2D eigenvalue weighted by atomic mass is 9.74. The lowest BCUT2D eigenvalue weighted by Crippen LogP contribution is -2.34. The van der Waals surface area contributed by atoms with Gasteiger partial charge in [0, 0.05) is 29.2 Å². The van der Waals surface area contributed by atoms with Crippen molar-refractivity contribution in [1.29, 1.82) is 0 Å². The zero-order chi connectivity index (χ0) is 14.2. The van der Waals surface area contributed by atoms with Crippen LogP contribution in [0.4, 0.5) is 0 Å². The van der Waals surface area contributed by atoms with Crippen molar-refractivity contribution in [1.82, 2.24) is 4.98 Å². The fourth-order valence-electron chi connectivity index (χ4n) is 3.00. The summed E-state index contributed by atoms with van der Waals surface area (Å²) in [5.74, 6) is 0.423. The number of hydrogen-bond acceptors (Lipinski definition) is 3. The highest BCUT2D eigenvalue weighted by atomic mass is 16.5. The number of carbonyl (C=O) groups is 1. The second kappa shape index (κ2) is 4.98. The molecule has 1 aliphatic heterocycles. The van der Waals surface area contributed by atoms with Gasteiger partial charge in [0.05, 0.1) is 12.1 Å². The molecule has 1 aromatic carbocycles. The second-order valence-electron chi connectivity index (χ2n) is 6.19. The molecule has 0 saturated carbocycles. The van der Waals surface area contributed by atoms with Gasteiger partial charge in [0.2, 0.25) is 0 Å². The Hall–Kier alpha value is -1.74. The highest BCUT2D eigenvalue weighted by Gasteiger charge is 2.35. The maximum atomic E-state index is 10.8. The number of nitrogens with zero attached hydrogens (tertiary/aromatic N) is 1. The third-order valence-electron chi connectivity index (χ3n) is 4.20. The Labute approximate surface area is 119 Å². The van der Waals surface area contributed by atoms with E-state index in [1.165, 1.54) is 0 Å². The number of rotatable bonds is 2. The number of carbonyl (C=O) groups excluding carboxylic acids is 1. The first-order chi connectivity index (χ1) is 9.60. The van der Waals surface area contributed by atoms with Crippen LogP contribution in [0.2, 0.25) is 0 Å². The molecule has 0 bridgehead atoms. The number of pyridine rings is 1. The van der Waals surface area contributed by atoms with E-state index in [0.717, 1.165) is 42.5 Å². The Balaban J connectivity index is 2.02. The number of ether oxygens (including phenoxy) is 1. The maximum absolute atomic E-state index is 10.8. The van der Waals surface area contributed by atoms with E-state index < -0.39 is 0 Å². The van der Waals surface area contributed by atoms with Crippen molar-refractivity contribution in [2.75, 3.05) is 13.2 Å². The minimum atomic E-state index is 0.113. The van der Waals surface area contributed by atoms with Crippen LogP contribution in [-0.2, 0) is 4.74 Å². The molecule has 1 fully saturated rings. The predicted octanol–water partition coefficient (Wildman–Crippen LogP) is 3.58. The molecule has 1 unspecified atom stereocenters. The molecule has 20 heavy (non-hydrogen) atoms. The highest BCUT2D eigenvalue weighted by molar-refractivity contribution is 5.86. The third-order valence-corrected chi connectivity index (χ3v) is 4.20. The minimum Gasteiger partial charge on any atom is -0.381 e. The van der Waals surface area contributed by atoms with E-state index in [4.69, 9.17) is 9.72 Å². The van der Waals surface area contributed by atoms with Gasteiger partial charge in [0.1, 0.15) is 6.29 Å². The van der Waals surface area contributed by atoms with E-state index in [0.29, 0.717) is 11.5 Å². The van der Waals surface area contributed by atoms with Crippen molar-refractivity contribution < 1.29 is 9.53 Å². The first-order valence-corrected chi connectivity index (χ1v) is 7.04. The van der Waals surface area contributed by atoms with E-state index in [1.54, 1.807) is 0 Å². The van der Waals surface area contributed by atoms with Crippen LogP contribution in [0.3, 0.4) is 0 Å². The summed E-state index contributed by atoms with van der Waals surface area (Å²) in [6.07, 6.45) is 1.88. The molecular weight excluding hydrogens is 250 g/mol. The number of aldehydes is 1. The van der Waals surface area contributed by atoms with E-state index in [2.05, 4.69) is 26.0 Å². The van der Waals surface area contributed by atoms with Crippen LogP contribution >= 0.6 is 0 Å². The summed E-state index contributed by atoms with van der Waals surface area (Å²) < 4.78 is 5.59. The van der Waals surface area contributed by atoms with Gasteiger partial charge in [-0.2, -0.15) is 0 Å². The number of hydrogen-bond donors (Lipinski definition) is 0. The number of aromatic nitrogens is 1. The summed E-state index contributed by atoms with van der Waals surface area (Å²) in [6, 6.07) is 9.79. The molecular formula is C17H19NO2. The fraction of sp³-hybridized carbons (Fsp3) is 0.412. The maximum Gasteiger partial charge on any atom is 0.150 e. The lowest BCUT2D eigenvalue weighted by molar-refractivity contribution is -0.00552. The van der Waals surface area contributed by atoms with Crippen LogP contribution in [0.1, 0.15) is 42.2 Å². The van der Waals surface area contributed by atoms with Gasteiger partial charge in [-0.05, 0) is 36.1 Å². The topological polar surface area (TPSA) is 39.2 Å². The molecule has 0 aliphatic carbocycles. The van der Waals surface area contributed by atoms with Crippen LogP contribution in [0.15, 0.2) is 30.3 Å². The van der Waals surface area contributed by atoms with E-state index in [1.807, 2.05) is 18.2 Å². The highest BCUT2D eigenvalue weighted by Crippen LogP contribution is 2.40. The fourth-order valence-corrected chi connectivity index (χ4v) is 3.00. The molecule has 0 spiro atoms. The Morgan fingerprint density at radius 3 is 2.90 bits per heavy atom. The molecule has 2 heterocycles. The Kier molecular flexibility index (Phi) is 3.30. The first-order valence-electron chi connectivity index (χ1n) is 7.04. The van der Waals surface area contributed by atoms with Crippen molar-refractivity contribution in [2.24, 2.45) is 5.41 Å². The van der Waals surface area contributed by atoms with Gasteiger partial charge < -0.3 is 4.74 Å².